The van der Waals surface area contributed by atoms with E-state index in [-0.39, 0.29) is 35.6 Å². The van der Waals surface area contributed by atoms with Crippen LogP contribution in [-0.4, -0.2) is 34.9 Å². The fourth-order valence-electron chi connectivity index (χ4n) is 6.70. The number of ketones is 2. The van der Waals surface area contributed by atoms with E-state index in [4.69, 9.17) is 4.74 Å². The first-order valence-corrected chi connectivity index (χ1v) is 10.7. The first kappa shape index (κ1) is 20.3. The molecule has 0 aromatic rings. The summed E-state index contributed by atoms with van der Waals surface area (Å²) in [6.45, 7) is 7.76. The Bertz CT molecular complexity index is 880. The van der Waals surface area contributed by atoms with Crippen LogP contribution in [0.15, 0.2) is 35.5 Å². The molecule has 4 aliphatic rings. The largest absolute Gasteiger partial charge is 0.460 e. The van der Waals surface area contributed by atoms with Gasteiger partial charge in [-0.15, -0.1) is 0 Å². The Morgan fingerprint density at radius 2 is 2.03 bits per heavy atom. The van der Waals surface area contributed by atoms with E-state index < -0.39 is 22.8 Å². The lowest BCUT2D eigenvalue weighted by molar-refractivity contribution is -0.174. The average molecular weight is 398 g/mol. The van der Waals surface area contributed by atoms with Gasteiger partial charge >= 0.3 is 5.97 Å². The Balaban J connectivity index is 1.75. The predicted molar refractivity (Wildman–Crippen MR) is 108 cm³/mol. The van der Waals surface area contributed by atoms with E-state index in [1.807, 2.05) is 19.9 Å². The summed E-state index contributed by atoms with van der Waals surface area (Å²) < 4.78 is 4.95. The summed E-state index contributed by atoms with van der Waals surface area (Å²) in [5.41, 5.74) is -0.258. The Morgan fingerprint density at radius 1 is 1.31 bits per heavy atom. The molecule has 2 fully saturated rings. The number of hydrogen-bond acceptors (Lipinski definition) is 5. The number of hydrogen-bond donors (Lipinski definition) is 1. The highest BCUT2D eigenvalue weighted by Crippen LogP contribution is 2.66. The zero-order chi connectivity index (χ0) is 21.2. The van der Waals surface area contributed by atoms with Crippen LogP contribution in [0.25, 0.3) is 0 Å². The summed E-state index contributed by atoms with van der Waals surface area (Å²) >= 11 is 0. The minimum atomic E-state index is -1.72. The number of Topliss-reactive ketones (excluding diaryl/α,β-unsaturated/α-hetero) is 1. The Hall–Kier alpha value is -2.01. The Labute approximate surface area is 171 Å². The number of carbonyl (C=O) groups is 3. The maximum atomic E-state index is 13.0. The van der Waals surface area contributed by atoms with Crippen LogP contribution in [0.1, 0.15) is 53.4 Å². The number of fused-ring (bicyclic) bond motifs is 5. The first-order chi connectivity index (χ1) is 13.6. The van der Waals surface area contributed by atoms with Crippen LogP contribution in [0.4, 0.5) is 0 Å². The molecule has 0 aromatic carbocycles. The summed E-state index contributed by atoms with van der Waals surface area (Å²) in [5, 5.41) is 11.7. The van der Waals surface area contributed by atoms with Gasteiger partial charge in [-0.25, -0.2) is 4.79 Å². The van der Waals surface area contributed by atoms with Crippen LogP contribution in [-0.2, 0) is 19.1 Å². The highest BCUT2D eigenvalue weighted by molar-refractivity contribution is 6.37. The molecule has 156 valence electrons. The van der Waals surface area contributed by atoms with Gasteiger partial charge in [0.15, 0.2) is 5.78 Å². The van der Waals surface area contributed by atoms with E-state index in [0.717, 1.165) is 18.4 Å². The van der Waals surface area contributed by atoms with Crippen LogP contribution in [0.3, 0.4) is 0 Å². The van der Waals surface area contributed by atoms with E-state index in [0.29, 0.717) is 12.8 Å². The molecule has 29 heavy (non-hydrogen) atoms. The number of aliphatic hydroxyl groups is 1. The second-order valence-corrected chi connectivity index (χ2v) is 9.59. The normalized spacial score (nSPS) is 42.9. The van der Waals surface area contributed by atoms with E-state index in [9.17, 15) is 19.5 Å². The lowest BCUT2D eigenvalue weighted by Crippen LogP contribution is -2.58. The number of carbonyl (C=O) groups excluding carboxylic acids is 3. The monoisotopic (exact) mass is 398 g/mol. The SMILES string of the molecule is CCOC(=O)C(=O)[C@@]1(O)[C@H](C)CC2C3CCC4=CC(=O)C=C[C@]4(C)C3=CC[C@@]21C. The van der Waals surface area contributed by atoms with Crippen LogP contribution in [0, 0.1) is 28.6 Å². The van der Waals surface area contributed by atoms with Crippen molar-refractivity contribution in [3.63, 3.8) is 0 Å². The van der Waals surface area contributed by atoms with Gasteiger partial charge in [-0.05, 0) is 69.4 Å². The van der Waals surface area contributed by atoms with E-state index in [1.54, 1.807) is 19.1 Å². The highest BCUT2D eigenvalue weighted by atomic mass is 16.5. The van der Waals surface area contributed by atoms with Gasteiger partial charge in [0.25, 0.3) is 5.78 Å². The van der Waals surface area contributed by atoms with Crippen LogP contribution < -0.4 is 0 Å². The van der Waals surface area contributed by atoms with Crippen molar-refractivity contribution < 1.29 is 24.2 Å². The molecule has 1 N–H and O–H groups in total. The third-order valence-corrected chi connectivity index (χ3v) is 8.34. The van der Waals surface area contributed by atoms with Gasteiger partial charge in [0.05, 0.1) is 6.61 Å². The minimum absolute atomic E-state index is 0.0427. The number of esters is 1. The van der Waals surface area contributed by atoms with E-state index >= 15 is 0 Å². The standard InChI is InChI=1S/C24H30O5/c1-5-29-21(27)20(26)24(28)14(2)12-19-17-7-6-15-13-16(25)8-10-22(15,3)18(17)9-11-23(19,24)4/h8-10,13-14,17,19,28H,5-7,11-12H2,1-4H3/t14-,17?,19?,22+,23+,24+/m1/s1. The minimum Gasteiger partial charge on any atom is -0.460 e. The van der Waals surface area contributed by atoms with Crippen molar-refractivity contribution in [1.29, 1.82) is 0 Å². The van der Waals surface area contributed by atoms with Gasteiger partial charge in [0.2, 0.25) is 0 Å². The zero-order valence-corrected chi connectivity index (χ0v) is 17.7. The zero-order valence-electron chi connectivity index (χ0n) is 17.7. The van der Waals surface area contributed by atoms with Crippen LogP contribution in [0.2, 0.25) is 0 Å². The lowest BCUT2D eigenvalue weighted by atomic mass is 9.51. The summed E-state index contributed by atoms with van der Waals surface area (Å²) in [7, 11) is 0. The molecule has 0 spiro atoms. The second kappa shape index (κ2) is 6.49. The summed E-state index contributed by atoms with van der Waals surface area (Å²) in [4.78, 5) is 37.1. The molecule has 4 aliphatic carbocycles. The van der Waals surface area contributed by atoms with E-state index in [2.05, 4.69) is 13.0 Å². The Kier molecular flexibility index (Phi) is 4.54. The average Bonchev–Trinajstić information content (AvgIpc) is 2.89. The van der Waals surface area contributed by atoms with Crippen molar-refractivity contribution in [2.24, 2.45) is 28.6 Å². The van der Waals surface area contributed by atoms with Gasteiger partial charge in [0.1, 0.15) is 5.60 Å². The van der Waals surface area contributed by atoms with Gasteiger partial charge in [-0.2, -0.15) is 0 Å². The first-order valence-electron chi connectivity index (χ1n) is 10.7. The molecule has 5 nitrogen and oxygen atoms in total. The van der Waals surface area contributed by atoms with Crippen molar-refractivity contribution >= 4 is 17.5 Å². The molecule has 4 rings (SSSR count). The number of allylic oxidation sites excluding steroid dienone is 6. The van der Waals surface area contributed by atoms with Gasteiger partial charge < -0.3 is 9.84 Å². The van der Waals surface area contributed by atoms with Crippen molar-refractivity contribution in [2.45, 2.75) is 59.0 Å². The predicted octanol–water partition coefficient (Wildman–Crippen LogP) is 3.32. The van der Waals surface area contributed by atoms with Crippen molar-refractivity contribution in [3.8, 4) is 0 Å². The highest BCUT2D eigenvalue weighted by Gasteiger charge is 2.68. The topological polar surface area (TPSA) is 80.7 Å². The third kappa shape index (κ3) is 2.52. The quantitative estimate of drug-likeness (QED) is 0.448. The molecule has 5 heteroatoms. The lowest BCUT2D eigenvalue weighted by Gasteiger charge is -2.53. The van der Waals surface area contributed by atoms with Gasteiger partial charge in [-0.1, -0.05) is 37.1 Å². The maximum absolute atomic E-state index is 13.0. The van der Waals surface area contributed by atoms with Gasteiger partial charge in [-0.3, -0.25) is 9.59 Å². The molecule has 0 amide bonds. The molecule has 0 bridgehead atoms. The molecule has 0 radical (unpaired) electrons. The smallest absolute Gasteiger partial charge is 0.377 e. The van der Waals surface area contributed by atoms with Gasteiger partial charge in [0, 0.05) is 10.8 Å². The molecular weight excluding hydrogens is 368 g/mol. The molecule has 0 heterocycles. The summed E-state index contributed by atoms with van der Waals surface area (Å²) in [6.07, 6.45) is 10.5. The Morgan fingerprint density at radius 3 is 2.72 bits per heavy atom. The fourth-order valence-corrected chi connectivity index (χ4v) is 6.70. The fraction of sp³-hybridized carbons (Fsp3) is 0.625. The summed E-state index contributed by atoms with van der Waals surface area (Å²) in [5.74, 6) is -1.70. The van der Waals surface area contributed by atoms with Crippen molar-refractivity contribution in [2.75, 3.05) is 6.61 Å². The molecule has 6 atom stereocenters. The van der Waals surface area contributed by atoms with Crippen molar-refractivity contribution in [3.05, 3.63) is 35.5 Å². The molecule has 0 aliphatic heterocycles. The molecule has 0 saturated heterocycles. The van der Waals surface area contributed by atoms with Crippen LogP contribution >= 0.6 is 0 Å². The van der Waals surface area contributed by atoms with Crippen LogP contribution in [0.5, 0.6) is 0 Å². The molecular formula is C24H30O5. The number of ether oxygens (including phenoxy) is 1. The maximum Gasteiger partial charge on any atom is 0.377 e. The number of rotatable bonds is 3. The van der Waals surface area contributed by atoms with E-state index in [1.165, 1.54) is 5.57 Å². The summed E-state index contributed by atoms with van der Waals surface area (Å²) in [6, 6.07) is 0. The molecule has 2 unspecified atom stereocenters. The van der Waals surface area contributed by atoms with Crippen molar-refractivity contribution in [1.82, 2.24) is 0 Å². The second-order valence-electron chi connectivity index (χ2n) is 9.59. The molecule has 0 aromatic heterocycles. The molecule has 2 saturated carbocycles. The third-order valence-electron chi connectivity index (χ3n) is 8.34.